The monoisotopic (exact) mass is 594 g/mol. The third-order valence-corrected chi connectivity index (χ3v) is 7.07. The van der Waals surface area contributed by atoms with Crippen LogP contribution in [0.15, 0.2) is 35.1 Å². The van der Waals surface area contributed by atoms with Crippen LogP contribution in [0.2, 0.25) is 0 Å². The normalized spacial score (nSPS) is 18.5. The van der Waals surface area contributed by atoms with Gasteiger partial charge < -0.3 is 24.6 Å². The highest BCUT2D eigenvalue weighted by atomic mass is 19.4. The molecule has 3 aromatic heterocycles. The van der Waals surface area contributed by atoms with Crippen molar-refractivity contribution in [3.8, 4) is 5.95 Å². The number of likely N-dealkylation sites (tertiary alicyclic amines) is 1. The first-order valence-electron chi connectivity index (χ1n) is 13.3. The summed E-state index contributed by atoms with van der Waals surface area (Å²) in [5.74, 6) is -1.63. The van der Waals surface area contributed by atoms with E-state index in [0.29, 0.717) is 18.5 Å². The summed E-state index contributed by atoms with van der Waals surface area (Å²) in [4.78, 5) is 18.5. The lowest BCUT2D eigenvalue weighted by Gasteiger charge is -2.33. The zero-order chi connectivity index (χ0) is 30.4. The van der Waals surface area contributed by atoms with Crippen LogP contribution in [0.25, 0.3) is 16.9 Å². The molecule has 1 fully saturated rings. The van der Waals surface area contributed by atoms with E-state index in [1.807, 2.05) is 30.2 Å². The standard InChI is InChI=1S/C27H31F5N8O2/c1-26(2,3)39-8-5-15(13-39)24(41)33-12-22-35-25(37-42-22)40-21(11-27(30,31)32)17-9-16(28)10-20(23(17)36-40)34-19-6-7-38(4)14-18(19)29/h5,8-10,13,18-19,34H,6-7,11-12,14H2,1-4H3,(H,33,41)/t18-,19+/m0/s1. The number of carbonyl (C=O) groups excluding carboxylic acids is 1. The van der Waals surface area contributed by atoms with Crippen molar-refractivity contribution in [1.29, 1.82) is 0 Å². The lowest BCUT2D eigenvalue weighted by Crippen LogP contribution is -2.46. The molecule has 1 saturated heterocycles. The van der Waals surface area contributed by atoms with Crippen LogP contribution in [0.3, 0.4) is 0 Å². The van der Waals surface area contributed by atoms with Gasteiger partial charge >= 0.3 is 6.18 Å². The molecule has 1 amide bonds. The Morgan fingerprint density at radius 3 is 2.64 bits per heavy atom. The molecule has 0 unspecified atom stereocenters. The third-order valence-electron chi connectivity index (χ3n) is 7.07. The zero-order valence-corrected chi connectivity index (χ0v) is 23.5. The number of hydrogen-bond acceptors (Lipinski definition) is 7. The minimum Gasteiger partial charge on any atom is -0.377 e. The zero-order valence-electron chi connectivity index (χ0n) is 23.5. The molecule has 0 radical (unpaired) electrons. The van der Waals surface area contributed by atoms with E-state index in [1.165, 1.54) is 0 Å². The summed E-state index contributed by atoms with van der Waals surface area (Å²) in [7, 11) is 1.78. The number of fused-ring (bicyclic) bond motifs is 1. The number of piperidine rings is 1. The van der Waals surface area contributed by atoms with E-state index < -0.39 is 42.2 Å². The van der Waals surface area contributed by atoms with E-state index in [1.54, 1.807) is 25.5 Å². The number of aromatic nitrogens is 5. The molecule has 2 atom stereocenters. The fourth-order valence-corrected chi connectivity index (χ4v) is 4.87. The molecule has 4 heterocycles. The van der Waals surface area contributed by atoms with Crippen molar-refractivity contribution < 1.29 is 31.3 Å². The summed E-state index contributed by atoms with van der Waals surface area (Å²) in [6, 6.07) is 2.99. The minimum atomic E-state index is -4.67. The van der Waals surface area contributed by atoms with E-state index in [-0.39, 0.29) is 47.1 Å². The number of rotatable bonds is 7. The van der Waals surface area contributed by atoms with Crippen LogP contribution in [-0.4, -0.2) is 73.8 Å². The molecule has 1 aliphatic rings. The summed E-state index contributed by atoms with van der Waals surface area (Å²) < 4.78 is 78.2. The second kappa shape index (κ2) is 11.0. The van der Waals surface area contributed by atoms with Gasteiger partial charge in [0.1, 0.15) is 17.5 Å². The summed E-state index contributed by atoms with van der Waals surface area (Å²) >= 11 is 0. The second-order valence-corrected chi connectivity index (χ2v) is 11.5. The predicted molar refractivity (Wildman–Crippen MR) is 144 cm³/mol. The Balaban J connectivity index is 1.43. The van der Waals surface area contributed by atoms with Crippen molar-refractivity contribution in [3.05, 3.63) is 53.6 Å². The van der Waals surface area contributed by atoms with Gasteiger partial charge in [-0.1, -0.05) is 0 Å². The Morgan fingerprint density at radius 2 is 1.98 bits per heavy atom. The molecule has 1 aliphatic heterocycles. The van der Waals surface area contributed by atoms with E-state index >= 15 is 0 Å². The first-order valence-corrected chi connectivity index (χ1v) is 13.3. The second-order valence-electron chi connectivity index (χ2n) is 11.5. The maximum Gasteiger partial charge on any atom is 0.394 e. The molecule has 1 aromatic carbocycles. The fraction of sp³-hybridized carbons (Fsp3) is 0.481. The molecule has 2 N–H and O–H groups in total. The van der Waals surface area contributed by atoms with Gasteiger partial charge in [0.15, 0.2) is 0 Å². The SMILES string of the molecule is CN1CC[C@@H](Nc2cc(F)cc3c(CC(F)(F)F)n(-c4noc(CNC(=O)c5ccn(C(C)(C)C)c5)n4)nc23)[C@@H](F)C1. The molecular weight excluding hydrogens is 563 g/mol. The van der Waals surface area contributed by atoms with Crippen LogP contribution in [0.1, 0.15) is 49.1 Å². The molecule has 0 aliphatic carbocycles. The molecule has 4 aromatic rings. The highest BCUT2D eigenvalue weighted by Crippen LogP contribution is 2.33. The number of nitrogens with zero attached hydrogens (tertiary/aromatic N) is 6. The summed E-state index contributed by atoms with van der Waals surface area (Å²) in [6.07, 6.45) is -3.54. The third kappa shape index (κ3) is 6.40. The first kappa shape index (κ1) is 29.5. The summed E-state index contributed by atoms with van der Waals surface area (Å²) in [6.45, 7) is 6.52. The quantitative estimate of drug-likeness (QED) is 0.302. The van der Waals surface area contributed by atoms with Gasteiger partial charge in [0, 0.05) is 36.4 Å². The van der Waals surface area contributed by atoms with Crippen molar-refractivity contribution in [2.45, 2.75) is 64.1 Å². The van der Waals surface area contributed by atoms with Crippen LogP contribution in [0.4, 0.5) is 27.6 Å². The van der Waals surface area contributed by atoms with E-state index in [2.05, 4.69) is 25.9 Å². The molecule has 10 nitrogen and oxygen atoms in total. The lowest BCUT2D eigenvalue weighted by atomic mass is 10.0. The van der Waals surface area contributed by atoms with Crippen molar-refractivity contribution in [2.75, 3.05) is 25.5 Å². The van der Waals surface area contributed by atoms with Gasteiger partial charge in [-0.3, -0.25) is 4.79 Å². The number of amides is 1. The number of carbonyl (C=O) groups is 1. The Kier molecular flexibility index (Phi) is 7.72. The van der Waals surface area contributed by atoms with Gasteiger partial charge in [0.05, 0.1) is 36.0 Å². The number of halogens is 5. The Morgan fingerprint density at radius 1 is 1.21 bits per heavy atom. The van der Waals surface area contributed by atoms with E-state index in [4.69, 9.17) is 4.52 Å². The highest BCUT2D eigenvalue weighted by molar-refractivity contribution is 5.94. The molecule has 226 valence electrons. The van der Waals surface area contributed by atoms with Crippen molar-refractivity contribution in [3.63, 3.8) is 0 Å². The highest BCUT2D eigenvalue weighted by Gasteiger charge is 2.34. The van der Waals surface area contributed by atoms with Crippen LogP contribution in [0, 0.1) is 5.82 Å². The Hall–Kier alpha value is -4.01. The summed E-state index contributed by atoms with van der Waals surface area (Å²) in [5, 5.41) is 13.5. The molecular formula is C27H31F5N8O2. The lowest BCUT2D eigenvalue weighted by molar-refractivity contribution is -0.128. The van der Waals surface area contributed by atoms with Crippen molar-refractivity contribution in [1.82, 2.24) is 34.7 Å². The van der Waals surface area contributed by atoms with Gasteiger partial charge in [-0.15, -0.1) is 0 Å². The molecule has 5 rings (SSSR count). The fourth-order valence-electron chi connectivity index (χ4n) is 4.87. The summed E-state index contributed by atoms with van der Waals surface area (Å²) in [5.41, 5.74) is -0.175. The maximum absolute atomic E-state index is 14.7. The maximum atomic E-state index is 14.7. The number of alkyl halides is 4. The van der Waals surface area contributed by atoms with Crippen LogP contribution in [0.5, 0.6) is 0 Å². The van der Waals surface area contributed by atoms with E-state index in [0.717, 1.165) is 16.8 Å². The van der Waals surface area contributed by atoms with Crippen LogP contribution >= 0.6 is 0 Å². The van der Waals surface area contributed by atoms with Gasteiger partial charge in [0.2, 0.25) is 5.89 Å². The number of anilines is 1. The van der Waals surface area contributed by atoms with Crippen LogP contribution in [-0.2, 0) is 18.5 Å². The first-order chi connectivity index (χ1) is 19.7. The molecule has 0 saturated carbocycles. The molecule has 15 heteroatoms. The Bertz CT molecular complexity index is 1590. The number of benzene rings is 1. The van der Waals surface area contributed by atoms with Gasteiger partial charge in [-0.2, -0.15) is 27.9 Å². The van der Waals surface area contributed by atoms with Gasteiger partial charge in [-0.05, 0) is 57.6 Å². The molecule has 0 bridgehead atoms. The molecule has 0 spiro atoms. The number of nitrogens with one attached hydrogen (secondary N) is 2. The predicted octanol–water partition coefficient (Wildman–Crippen LogP) is 4.59. The van der Waals surface area contributed by atoms with Crippen LogP contribution < -0.4 is 10.6 Å². The minimum absolute atomic E-state index is 0.00444. The average Bonchev–Trinajstić information content (AvgIpc) is 3.63. The van der Waals surface area contributed by atoms with Gasteiger partial charge in [0.25, 0.3) is 11.9 Å². The average molecular weight is 595 g/mol. The van der Waals surface area contributed by atoms with Crippen molar-refractivity contribution >= 4 is 22.5 Å². The topological polar surface area (TPSA) is 106 Å². The van der Waals surface area contributed by atoms with Gasteiger partial charge in [-0.25, -0.2) is 8.78 Å². The Labute approximate surface area is 237 Å². The van der Waals surface area contributed by atoms with Crippen molar-refractivity contribution in [2.24, 2.45) is 0 Å². The largest absolute Gasteiger partial charge is 0.394 e. The van der Waals surface area contributed by atoms with E-state index in [9.17, 15) is 26.7 Å². The number of hydrogen-bond donors (Lipinski definition) is 2. The smallest absolute Gasteiger partial charge is 0.377 e. The molecule has 42 heavy (non-hydrogen) atoms.